The molecule has 0 saturated carbocycles. The van der Waals surface area contributed by atoms with Gasteiger partial charge in [0.2, 0.25) is 0 Å². The average molecular weight is 308 g/mol. The van der Waals surface area contributed by atoms with E-state index in [1.54, 1.807) is 24.3 Å². The van der Waals surface area contributed by atoms with Crippen molar-refractivity contribution >= 4 is 5.91 Å². The number of nitrogens with one attached hydrogen (secondary N) is 1. The van der Waals surface area contributed by atoms with Gasteiger partial charge in [0.05, 0.1) is 11.6 Å². The van der Waals surface area contributed by atoms with E-state index in [1.807, 2.05) is 32.9 Å². The van der Waals surface area contributed by atoms with E-state index in [0.717, 1.165) is 16.7 Å². The zero-order valence-corrected chi connectivity index (χ0v) is 13.6. The normalized spacial score (nSPS) is 11.4. The number of benzene rings is 2. The molecule has 0 aliphatic rings. The quantitative estimate of drug-likeness (QED) is 0.920. The van der Waals surface area contributed by atoms with Gasteiger partial charge in [-0.1, -0.05) is 35.9 Å². The second-order valence-electron chi connectivity index (χ2n) is 5.55. The van der Waals surface area contributed by atoms with Crippen molar-refractivity contribution in [2.45, 2.75) is 26.8 Å². The number of hydrogen-bond acceptors (Lipinski definition) is 3. The Morgan fingerprint density at radius 2 is 2.00 bits per heavy atom. The van der Waals surface area contributed by atoms with Gasteiger partial charge in [-0.3, -0.25) is 4.79 Å². The number of carbonyl (C=O) groups excluding carboxylic acids is 1. The summed E-state index contributed by atoms with van der Waals surface area (Å²) in [6.45, 7) is 5.88. The van der Waals surface area contributed by atoms with Gasteiger partial charge in [-0.05, 0) is 44.0 Å². The molecule has 2 rings (SSSR count). The van der Waals surface area contributed by atoms with Crippen LogP contribution in [0.25, 0.3) is 0 Å². The first-order chi connectivity index (χ1) is 11.0. The van der Waals surface area contributed by atoms with Crippen molar-refractivity contribution in [2.24, 2.45) is 0 Å². The summed E-state index contributed by atoms with van der Waals surface area (Å²) in [4.78, 5) is 12.1. The molecule has 0 spiro atoms. The van der Waals surface area contributed by atoms with Crippen LogP contribution in [-0.4, -0.2) is 12.5 Å². The van der Waals surface area contributed by atoms with Gasteiger partial charge in [0.15, 0.2) is 6.61 Å². The minimum atomic E-state index is -0.217. The van der Waals surface area contributed by atoms with Crippen LogP contribution < -0.4 is 10.1 Å². The van der Waals surface area contributed by atoms with Gasteiger partial charge in [0.1, 0.15) is 11.8 Å². The summed E-state index contributed by atoms with van der Waals surface area (Å²) in [5.41, 5.74) is 3.81. The number of nitriles is 1. The summed E-state index contributed by atoms with van der Waals surface area (Å²) in [5, 5.41) is 11.9. The molecule has 0 fully saturated rings. The van der Waals surface area contributed by atoms with Gasteiger partial charge >= 0.3 is 0 Å². The van der Waals surface area contributed by atoms with Gasteiger partial charge in [0.25, 0.3) is 5.91 Å². The first-order valence-corrected chi connectivity index (χ1v) is 7.49. The Hall–Kier alpha value is -2.80. The van der Waals surface area contributed by atoms with E-state index in [0.29, 0.717) is 11.3 Å². The van der Waals surface area contributed by atoms with Crippen LogP contribution in [0.2, 0.25) is 0 Å². The number of hydrogen-bond donors (Lipinski definition) is 1. The molecule has 23 heavy (non-hydrogen) atoms. The van der Waals surface area contributed by atoms with Gasteiger partial charge < -0.3 is 10.1 Å². The highest BCUT2D eigenvalue weighted by atomic mass is 16.5. The summed E-state index contributed by atoms with van der Waals surface area (Å²) < 4.78 is 5.45. The van der Waals surface area contributed by atoms with Crippen molar-refractivity contribution in [3.63, 3.8) is 0 Å². The highest BCUT2D eigenvalue weighted by Crippen LogP contribution is 2.19. The van der Waals surface area contributed by atoms with E-state index in [-0.39, 0.29) is 18.6 Å². The standard InChI is InChI=1S/C19H20N2O2/c1-13-8-9-14(2)17(10-13)15(3)21-19(22)12-23-18-7-5-4-6-16(18)11-20/h4-10,15H,12H2,1-3H3,(H,21,22)/t15-/m1/s1. The lowest BCUT2D eigenvalue weighted by atomic mass is 10.00. The molecule has 2 aromatic rings. The monoisotopic (exact) mass is 308 g/mol. The maximum atomic E-state index is 12.1. The van der Waals surface area contributed by atoms with Crippen LogP contribution in [0.15, 0.2) is 42.5 Å². The Morgan fingerprint density at radius 1 is 1.26 bits per heavy atom. The van der Waals surface area contributed by atoms with Crippen LogP contribution in [0.5, 0.6) is 5.75 Å². The molecule has 1 N–H and O–H groups in total. The van der Waals surface area contributed by atoms with E-state index in [4.69, 9.17) is 10.00 Å². The Morgan fingerprint density at radius 3 is 2.74 bits per heavy atom. The molecule has 0 unspecified atom stereocenters. The molecular weight excluding hydrogens is 288 g/mol. The molecule has 0 bridgehead atoms. The maximum absolute atomic E-state index is 12.1. The molecule has 0 radical (unpaired) electrons. The summed E-state index contributed by atoms with van der Waals surface area (Å²) in [7, 11) is 0. The van der Waals surface area contributed by atoms with Crippen molar-refractivity contribution in [1.29, 1.82) is 5.26 Å². The Balaban J connectivity index is 1.97. The molecule has 0 heterocycles. The van der Waals surface area contributed by atoms with Crippen molar-refractivity contribution in [1.82, 2.24) is 5.32 Å². The molecule has 0 aromatic heterocycles. The fourth-order valence-corrected chi connectivity index (χ4v) is 2.42. The SMILES string of the molecule is Cc1ccc(C)c([C@@H](C)NC(=O)COc2ccccc2C#N)c1. The average Bonchev–Trinajstić information content (AvgIpc) is 2.55. The molecular formula is C19H20N2O2. The lowest BCUT2D eigenvalue weighted by molar-refractivity contribution is -0.123. The van der Waals surface area contributed by atoms with Crippen LogP contribution in [0.1, 0.15) is 35.2 Å². The number of para-hydroxylation sites is 1. The lowest BCUT2D eigenvalue weighted by Crippen LogP contribution is -2.31. The van der Waals surface area contributed by atoms with Crippen molar-refractivity contribution < 1.29 is 9.53 Å². The van der Waals surface area contributed by atoms with Gasteiger partial charge in [-0.15, -0.1) is 0 Å². The molecule has 0 aliphatic carbocycles. The molecule has 2 aromatic carbocycles. The van der Waals surface area contributed by atoms with Gasteiger partial charge in [0, 0.05) is 0 Å². The molecule has 4 heteroatoms. The summed E-state index contributed by atoms with van der Waals surface area (Å²) in [6.07, 6.45) is 0. The predicted octanol–water partition coefficient (Wildman–Crippen LogP) is 3.43. The van der Waals surface area contributed by atoms with Crippen LogP contribution in [0.3, 0.4) is 0 Å². The predicted molar refractivity (Wildman–Crippen MR) is 89.1 cm³/mol. The number of aryl methyl sites for hydroxylation is 2. The minimum Gasteiger partial charge on any atom is -0.482 e. The molecule has 0 aliphatic heterocycles. The van der Waals surface area contributed by atoms with E-state index in [2.05, 4.69) is 17.4 Å². The number of amides is 1. The Labute approximate surface area is 136 Å². The van der Waals surface area contributed by atoms with Crippen LogP contribution in [0, 0.1) is 25.2 Å². The second-order valence-corrected chi connectivity index (χ2v) is 5.55. The minimum absolute atomic E-state index is 0.0998. The van der Waals surface area contributed by atoms with Crippen LogP contribution >= 0.6 is 0 Å². The third-order valence-corrected chi connectivity index (χ3v) is 3.65. The van der Waals surface area contributed by atoms with Crippen molar-refractivity contribution in [2.75, 3.05) is 6.61 Å². The number of rotatable bonds is 5. The summed E-state index contributed by atoms with van der Waals surface area (Å²) in [6, 6.07) is 15.0. The second kappa shape index (κ2) is 7.46. The highest BCUT2D eigenvalue weighted by molar-refractivity contribution is 5.78. The molecule has 1 amide bonds. The zero-order valence-electron chi connectivity index (χ0n) is 13.6. The van der Waals surface area contributed by atoms with Crippen LogP contribution in [0.4, 0.5) is 0 Å². The van der Waals surface area contributed by atoms with Crippen LogP contribution in [-0.2, 0) is 4.79 Å². The number of ether oxygens (including phenoxy) is 1. The summed E-state index contributed by atoms with van der Waals surface area (Å²) in [5.74, 6) is 0.204. The first kappa shape index (κ1) is 16.6. The lowest BCUT2D eigenvalue weighted by Gasteiger charge is -2.17. The smallest absolute Gasteiger partial charge is 0.258 e. The Kier molecular flexibility index (Phi) is 5.37. The van der Waals surface area contributed by atoms with Gasteiger partial charge in [-0.2, -0.15) is 5.26 Å². The molecule has 1 atom stereocenters. The third-order valence-electron chi connectivity index (χ3n) is 3.65. The first-order valence-electron chi connectivity index (χ1n) is 7.49. The van der Waals surface area contributed by atoms with Crippen molar-refractivity contribution in [3.05, 3.63) is 64.7 Å². The van der Waals surface area contributed by atoms with E-state index < -0.39 is 0 Å². The van der Waals surface area contributed by atoms with Gasteiger partial charge in [-0.25, -0.2) is 0 Å². The third kappa shape index (κ3) is 4.33. The fourth-order valence-electron chi connectivity index (χ4n) is 2.42. The number of carbonyl (C=O) groups is 1. The molecule has 4 nitrogen and oxygen atoms in total. The topological polar surface area (TPSA) is 62.1 Å². The molecule has 118 valence electrons. The maximum Gasteiger partial charge on any atom is 0.258 e. The largest absolute Gasteiger partial charge is 0.482 e. The zero-order chi connectivity index (χ0) is 16.8. The Bertz CT molecular complexity index is 747. The highest BCUT2D eigenvalue weighted by Gasteiger charge is 2.13. The molecule has 0 saturated heterocycles. The van der Waals surface area contributed by atoms with E-state index in [1.165, 1.54) is 0 Å². The summed E-state index contributed by atoms with van der Waals surface area (Å²) >= 11 is 0. The van der Waals surface area contributed by atoms with Crippen molar-refractivity contribution in [3.8, 4) is 11.8 Å². The van der Waals surface area contributed by atoms with E-state index in [9.17, 15) is 4.79 Å². The fraction of sp³-hybridized carbons (Fsp3) is 0.263. The number of nitrogens with zero attached hydrogens (tertiary/aromatic N) is 1. The van der Waals surface area contributed by atoms with E-state index >= 15 is 0 Å².